The summed E-state index contributed by atoms with van der Waals surface area (Å²) in [5.74, 6) is 5.61. The highest BCUT2D eigenvalue weighted by atomic mass is 32.2. The molecule has 0 aliphatic rings. The maximum absolute atomic E-state index is 11.2. The van der Waals surface area contributed by atoms with Gasteiger partial charge in [0.05, 0.1) is 0 Å². The van der Waals surface area contributed by atoms with E-state index >= 15 is 0 Å². The number of benzene rings is 1. The third kappa shape index (κ3) is 22.8. The summed E-state index contributed by atoms with van der Waals surface area (Å²) in [4.78, 5) is 0. The zero-order chi connectivity index (χ0) is 31.4. The summed E-state index contributed by atoms with van der Waals surface area (Å²) >= 11 is 4.23. The molecule has 1 aromatic rings. The first-order valence-corrected chi connectivity index (χ1v) is 21.2. The first-order chi connectivity index (χ1) is 20.9. The number of unbranched alkanes of at least 4 members (excludes halogenated alkanes) is 18. The Morgan fingerprint density at radius 1 is 0.465 bits per heavy atom. The largest absolute Gasteiger partial charge is 0.507 e. The topological polar surface area (TPSA) is 20.2 Å². The van der Waals surface area contributed by atoms with Gasteiger partial charge in [-0.2, -0.15) is 23.5 Å². The Bertz CT molecular complexity index is 700. The molecule has 0 unspecified atom stereocenters. The van der Waals surface area contributed by atoms with Gasteiger partial charge in [-0.1, -0.05) is 162 Å². The minimum atomic E-state index is 0.117. The van der Waals surface area contributed by atoms with Crippen LogP contribution < -0.4 is 0 Å². The van der Waals surface area contributed by atoms with E-state index in [1.807, 2.05) is 0 Å². The van der Waals surface area contributed by atoms with Crippen LogP contribution in [0.15, 0.2) is 12.1 Å². The SMILES string of the molecule is CCCCCCCCCCCCSCCCc1cc(C(C)(C)C)cc(CCCSCCCCCCCCCCCC)c1O. The minimum absolute atomic E-state index is 0.117. The van der Waals surface area contributed by atoms with E-state index in [0.29, 0.717) is 5.75 Å². The monoisotopic (exact) mass is 635 g/mol. The maximum Gasteiger partial charge on any atom is 0.121 e. The highest BCUT2D eigenvalue weighted by molar-refractivity contribution is 7.99. The molecule has 1 N–H and O–H groups in total. The van der Waals surface area contributed by atoms with E-state index in [1.54, 1.807) is 0 Å². The number of aromatic hydroxyl groups is 1. The van der Waals surface area contributed by atoms with Gasteiger partial charge in [0.15, 0.2) is 0 Å². The smallest absolute Gasteiger partial charge is 0.121 e. The van der Waals surface area contributed by atoms with Crippen molar-refractivity contribution in [3.8, 4) is 5.75 Å². The fourth-order valence-electron chi connectivity index (χ4n) is 5.89. The van der Waals surface area contributed by atoms with E-state index in [-0.39, 0.29) is 5.41 Å². The lowest BCUT2D eigenvalue weighted by Gasteiger charge is -2.22. The van der Waals surface area contributed by atoms with Gasteiger partial charge in [-0.15, -0.1) is 0 Å². The van der Waals surface area contributed by atoms with Crippen LogP contribution in [0.25, 0.3) is 0 Å². The van der Waals surface area contributed by atoms with Gasteiger partial charge in [0.2, 0.25) is 0 Å². The van der Waals surface area contributed by atoms with Crippen molar-refractivity contribution in [2.45, 2.75) is 194 Å². The molecule has 1 nitrogen and oxygen atoms in total. The number of rotatable bonds is 30. The van der Waals surface area contributed by atoms with Gasteiger partial charge < -0.3 is 5.11 Å². The van der Waals surface area contributed by atoms with Crippen molar-refractivity contribution in [2.24, 2.45) is 0 Å². The molecule has 1 aromatic carbocycles. The van der Waals surface area contributed by atoms with Crippen molar-refractivity contribution < 1.29 is 5.11 Å². The molecule has 0 radical (unpaired) electrons. The molecule has 252 valence electrons. The molecule has 0 fully saturated rings. The maximum atomic E-state index is 11.2. The highest BCUT2D eigenvalue weighted by Crippen LogP contribution is 2.33. The van der Waals surface area contributed by atoms with Gasteiger partial charge >= 0.3 is 0 Å². The Morgan fingerprint density at radius 2 is 0.767 bits per heavy atom. The van der Waals surface area contributed by atoms with Crippen LogP contribution in [0.5, 0.6) is 5.75 Å². The number of aryl methyl sites for hydroxylation is 2. The van der Waals surface area contributed by atoms with Crippen molar-refractivity contribution in [1.82, 2.24) is 0 Å². The van der Waals surface area contributed by atoms with Crippen molar-refractivity contribution in [3.05, 3.63) is 28.8 Å². The number of hydrogen-bond donors (Lipinski definition) is 1. The lowest BCUT2D eigenvalue weighted by Crippen LogP contribution is -2.12. The minimum Gasteiger partial charge on any atom is -0.507 e. The van der Waals surface area contributed by atoms with Gasteiger partial charge in [0, 0.05) is 0 Å². The highest BCUT2D eigenvalue weighted by Gasteiger charge is 2.18. The molecule has 0 aromatic heterocycles. The van der Waals surface area contributed by atoms with E-state index in [9.17, 15) is 5.11 Å². The molecule has 0 heterocycles. The van der Waals surface area contributed by atoms with Crippen molar-refractivity contribution in [3.63, 3.8) is 0 Å². The molecule has 0 saturated heterocycles. The van der Waals surface area contributed by atoms with Crippen LogP contribution in [0.4, 0.5) is 0 Å². The summed E-state index contributed by atoms with van der Waals surface area (Å²) in [6.45, 7) is 11.5. The second kappa shape index (κ2) is 28.0. The first kappa shape index (κ1) is 40.7. The van der Waals surface area contributed by atoms with Crippen LogP contribution in [0.3, 0.4) is 0 Å². The molecule has 0 aliphatic carbocycles. The van der Waals surface area contributed by atoms with Crippen LogP contribution >= 0.6 is 23.5 Å². The van der Waals surface area contributed by atoms with Crippen LogP contribution in [0.2, 0.25) is 0 Å². The molecule has 43 heavy (non-hydrogen) atoms. The second-order valence-corrected chi connectivity index (χ2v) is 16.6. The Morgan fingerprint density at radius 3 is 1.09 bits per heavy atom. The molecule has 0 amide bonds. The van der Waals surface area contributed by atoms with E-state index < -0.39 is 0 Å². The lowest BCUT2D eigenvalue weighted by molar-refractivity contribution is 0.458. The summed E-state index contributed by atoms with van der Waals surface area (Å²) in [5, 5.41) is 11.2. The van der Waals surface area contributed by atoms with Crippen molar-refractivity contribution in [1.29, 1.82) is 0 Å². The van der Waals surface area contributed by atoms with Gasteiger partial charge in [0.1, 0.15) is 5.75 Å². The standard InChI is InChI=1S/C40H74OS2/c1-6-8-10-12-14-16-18-20-22-24-30-42-32-26-28-36-34-38(40(3,4)5)35-37(39(36)41)29-27-33-43-31-25-23-21-19-17-15-13-11-9-7-2/h34-35,41H,6-33H2,1-5H3. The van der Waals surface area contributed by atoms with Gasteiger partial charge in [-0.3, -0.25) is 0 Å². The Labute approximate surface area is 279 Å². The molecule has 0 bridgehead atoms. The summed E-state index contributed by atoms with van der Waals surface area (Å²) in [5.41, 5.74) is 3.86. The van der Waals surface area contributed by atoms with E-state index in [2.05, 4.69) is 70.3 Å². The average molecular weight is 635 g/mol. The Hall–Kier alpha value is -0.280. The van der Waals surface area contributed by atoms with E-state index in [1.165, 1.54) is 168 Å². The van der Waals surface area contributed by atoms with Crippen LogP contribution in [0, 0.1) is 0 Å². The number of phenolic OH excluding ortho intramolecular Hbond substituents is 1. The van der Waals surface area contributed by atoms with Crippen LogP contribution in [-0.4, -0.2) is 28.1 Å². The summed E-state index contributed by atoms with van der Waals surface area (Å²) < 4.78 is 0. The quantitative estimate of drug-likeness (QED) is 0.0850. The summed E-state index contributed by atoms with van der Waals surface area (Å²) in [6.07, 6.45) is 32.6. The molecule has 1 rings (SSSR count). The first-order valence-electron chi connectivity index (χ1n) is 18.9. The van der Waals surface area contributed by atoms with Crippen molar-refractivity contribution in [2.75, 3.05) is 23.0 Å². The fourth-order valence-corrected chi connectivity index (χ4v) is 7.81. The second-order valence-electron chi connectivity index (χ2n) is 14.2. The van der Waals surface area contributed by atoms with E-state index in [4.69, 9.17) is 0 Å². The zero-order valence-electron chi connectivity index (χ0n) is 29.7. The van der Waals surface area contributed by atoms with Gasteiger partial charge in [-0.05, 0) is 83.6 Å². The van der Waals surface area contributed by atoms with Crippen molar-refractivity contribution >= 4 is 23.5 Å². The predicted octanol–water partition coefficient (Wildman–Crippen LogP) is 13.9. The van der Waals surface area contributed by atoms with Crippen LogP contribution in [-0.2, 0) is 18.3 Å². The van der Waals surface area contributed by atoms with Gasteiger partial charge in [-0.25, -0.2) is 0 Å². The third-order valence-corrected chi connectivity index (χ3v) is 11.2. The third-order valence-electron chi connectivity index (χ3n) is 8.89. The van der Waals surface area contributed by atoms with Gasteiger partial charge in [0.25, 0.3) is 0 Å². The number of phenols is 1. The lowest BCUT2D eigenvalue weighted by atomic mass is 9.83. The summed E-state index contributed by atoms with van der Waals surface area (Å²) in [6, 6.07) is 4.59. The molecule has 0 atom stereocenters. The normalized spacial score (nSPS) is 11.9. The Balaban J connectivity index is 2.22. The number of thioether (sulfide) groups is 2. The molecule has 0 aliphatic heterocycles. The zero-order valence-corrected chi connectivity index (χ0v) is 31.4. The molecule has 3 heteroatoms. The summed E-state index contributed by atoms with van der Waals surface area (Å²) in [7, 11) is 0. The molecular formula is C40H74OS2. The average Bonchev–Trinajstić information content (AvgIpc) is 2.98. The fraction of sp³-hybridized carbons (Fsp3) is 0.850. The Kier molecular flexibility index (Phi) is 26.5. The molecule has 0 spiro atoms. The van der Waals surface area contributed by atoms with Crippen LogP contribution in [0.1, 0.15) is 193 Å². The molecule has 0 saturated carbocycles. The molecular weight excluding hydrogens is 561 g/mol. The van der Waals surface area contributed by atoms with E-state index in [0.717, 1.165) is 25.7 Å². The number of hydrogen-bond acceptors (Lipinski definition) is 3. The predicted molar refractivity (Wildman–Crippen MR) is 202 cm³/mol.